The molecule has 4 fully saturated rings. The van der Waals surface area contributed by atoms with Gasteiger partial charge < -0.3 is 19.3 Å². The molecule has 0 radical (unpaired) electrons. The smallest absolute Gasteiger partial charge is 0.254 e. The second-order valence-electron chi connectivity index (χ2n) is 9.50. The first-order chi connectivity index (χ1) is 15.1. The Labute approximate surface area is 182 Å². The molecule has 1 aromatic rings. The van der Waals surface area contributed by atoms with E-state index in [1.807, 2.05) is 4.90 Å². The van der Waals surface area contributed by atoms with E-state index in [-0.39, 0.29) is 41.7 Å². The van der Waals surface area contributed by atoms with E-state index < -0.39 is 0 Å². The summed E-state index contributed by atoms with van der Waals surface area (Å²) < 4.78 is 25.1. The van der Waals surface area contributed by atoms with Gasteiger partial charge in [0.1, 0.15) is 5.82 Å². The van der Waals surface area contributed by atoms with Crippen LogP contribution in [0.2, 0.25) is 0 Å². The van der Waals surface area contributed by atoms with Gasteiger partial charge in [0.25, 0.3) is 5.91 Å². The summed E-state index contributed by atoms with van der Waals surface area (Å²) in [6, 6.07) is 6.36. The Bertz CT molecular complexity index is 829. The highest BCUT2D eigenvalue weighted by Crippen LogP contribution is 2.46. The summed E-state index contributed by atoms with van der Waals surface area (Å²) in [7, 11) is 0. The summed E-state index contributed by atoms with van der Waals surface area (Å²) in [5, 5.41) is 0. The van der Waals surface area contributed by atoms with E-state index in [9.17, 15) is 14.0 Å². The SMILES string of the molecule is O=C(Cc1cccc(F)c1)N1CCC(N2C(=O)C(OCC3CC3)C23CCOCC3)CC1. The molecule has 1 unspecified atom stereocenters. The topological polar surface area (TPSA) is 59.1 Å². The first-order valence-electron chi connectivity index (χ1n) is 11.6. The van der Waals surface area contributed by atoms with E-state index in [2.05, 4.69) is 4.90 Å². The molecule has 2 amide bonds. The number of carbonyl (C=O) groups is 2. The Kier molecular flexibility index (Phi) is 5.73. The molecule has 0 N–H and O–H groups in total. The molecule has 0 aromatic heterocycles. The number of piperidine rings is 1. The van der Waals surface area contributed by atoms with Gasteiger partial charge in [0.15, 0.2) is 6.10 Å². The third-order valence-corrected chi connectivity index (χ3v) is 7.41. The molecule has 5 rings (SSSR count). The number of hydrogen-bond donors (Lipinski definition) is 0. The van der Waals surface area contributed by atoms with Gasteiger partial charge in [-0.2, -0.15) is 0 Å². The lowest BCUT2D eigenvalue weighted by molar-refractivity contribution is -0.219. The molecule has 31 heavy (non-hydrogen) atoms. The van der Waals surface area contributed by atoms with E-state index in [1.165, 1.54) is 25.0 Å². The van der Waals surface area contributed by atoms with Gasteiger partial charge >= 0.3 is 0 Å². The molecule has 168 valence electrons. The molecule has 4 aliphatic rings. The van der Waals surface area contributed by atoms with Crippen molar-refractivity contribution < 1.29 is 23.5 Å². The highest BCUT2D eigenvalue weighted by Gasteiger charge is 2.63. The van der Waals surface area contributed by atoms with Crippen LogP contribution >= 0.6 is 0 Å². The molecule has 7 heteroatoms. The van der Waals surface area contributed by atoms with E-state index >= 15 is 0 Å². The Hall–Kier alpha value is -1.99. The molecule has 1 aromatic carbocycles. The van der Waals surface area contributed by atoms with Crippen LogP contribution in [-0.4, -0.2) is 72.2 Å². The van der Waals surface area contributed by atoms with E-state index in [0.717, 1.165) is 25.7 Å². The van der Waals surface area contributed by atoms with Gasteiger partial charge in [-0.1, -0.05) is 12.1 Å². The summed E-state index contributed by atoms with van der Waals surface area (Å²) in [6.45, 7) is 3.28. The van der Waals surface area contributed by atoms with E-state index in [1.54, 1.807) is 12.1 Å². The zero-order chi connectivity index (χ0) is 21.4. The normalized spacial score (nSPS) is 26.2. The number of ether oxygens (including phenoxy) is 2. The summed E-state index contributed by atoms with van der Waals surface area (Å²) in [5.41, 5.74) is 0.463. The quantitative estimate of drug-likeness (QED) is 0.651. The number of nitrogens with zero attached hydrogens (tertiary/aromatic N) is 2. The number of rotatable bonds is 6. The van der Waals surface area contributed by atoms with Crippen molar-refractivity contribution in [3.63, 3.8) is 0 Å². The first kappa shape index (κ1) is 20.9. The Morgan fingerprint density at radius 2 is 1.90 bits per heavy atom. The lowest BCUT2D eigenvalue weighted by atomic mass is 9.72. The summed E-state index contributed by atoms with van der Waals surface area (Å²) in [6.07, 6.45) is 5.51. The molecule has 3 aliphatic heterocycles. The van der Waals surface area contributed by atoms with Crippen LogP contribution in [0.1, 0.15) is 44.1 Å². The average Bonchev–Trinajstić information content (AvgIpc) is 3.59. The highest BCUT2D eigenvalue weighted by molar-refractivity contribution is 5.91. The fourth-order valence-electron chi connectivity index (χ4n) is 5.46. The van der Waals surface area contributed by atoms with Crippen LogP contribution in [0.5, 0.6) is 0 Å². The van der Waals surface area contributed by atoms with Gasteiger partial charge in [-0.25, -0.2) is 4.39 Å². The summed E-state index contributed by atoms with van der Waals surface area (Å²) in [4.78, 5) is 29.7. The monoisotopic (exact) mass is 430 g/mol. The number of benzene rings is 1. The predicted molar refractivity (Wildman–Crippen MR) is 112 cm³/mol. The van der Waals surface area contributed by atoms with Crippen LogP contribution in [0.25, 0.3) is 0 Å². The highest BCUT2D eigenvalue weighted by atomic mass is 19.1. The lowest BCUT2D eigenvalue weighted by Crippen LogP contribution is -2.79. The van der Waals surface area contributed by atoms with Crippen molar-refractivity contribution in [1.29, 1.82) is 0 Å². The molecule has 1 spiro atoms. The van der Waals surface area contributed by atoms with E-state index in [0.29, 0.717) is 44.4 Å². The molecular formula is C24H31FN2O4. The van der Waals surface area contributed by atoms with Gasteiger partial charge in [-0.15, -0.1) is 0 Å². The second kappa shape index (κ2) is 8.51. The third-order valence-electron chi connectivity index (χ3n) is 7.41. The fraction of sp³-hybridized carbons (Fsp3) is 0.667. The largest absolute Gasteiger partial charge is 0.381 e. The maximum absolute atomic E-state index is 13.4. The van der Waals surface area contributed by atoms with Crippen molar-refractivity contribution in [1.82, 2.24) is 9.80 Å². The van der Waals surface area contributed by atoms with Crippen molar-refractivity contribution >= 4 is 11.8 Å². The zero-order valence-corrected chi connectivity index (χ0v) is 17.9. The number of likely N-dealkylation sites (tertiary alicyclic amines) is 2. The van der Waals surface area contributed by atoms with Crippen molar-refractivity contribution in [3.05, 3.63) is 35.6 Å². The van der Waals surface area contributed by atoms with Gasteiger partial charge in [0.05, 0.1) is 18.6 Å². The second-order valence-corrected chi connectivity index (χ2v) is 9.50. The number of hydrogen-bond acceptors (Lipinski definition) is 4. The van der Waals surface area contributed by atoms with Crippen LogP contribution in [0.15, 0.2) is 24.3 Å². The molecule has 1 saturated carbocycles. The Balaban J connectivity index is 1.20. The predicted octanol–water partition coefficient (Wildman–Crippen LogP) is 2.55. The van der Waals surface area contributed by atoms with Crippen molar-refractivity contribution in [2.45, 2.75) is 62.6 Å². The van der Waals surface area contributed by atoms with Crippen LogP contribution in [0.3, 0.4) is 0 Å². The molecular weight excluding hydrogens is 399 g/mol. The van der Waals surface area contributed by atoms with Gasteiger partial charge in [0.2, 0.25) is 5.91 Å². The van der Waals surface area contributed by atoms with Gasteiger partial charge in [-0.05, 0) is 62.1 Å². The van der Waals surface area contributed by atoms with Gasteiger partial charge in [0, 0.05) is 32.3 Å². The third kappa shape index (κ3) is 4.10. The fourth-order valence-corrected chi connectivity index (χ4v) is 5.46. The average molecular weight is 431 g/mol. The number of carbonyl (C=O) groups excluding carboxylic acids is 2. The summed E-state index contributed by atoms with van der Waals surface area (Å²) in [5.74, 6) is 0.448. The van der Waals surface area contributed by atoms with E-state index in [4.69, 9.17) is 9.47 Å². The van der Waals surface area contributed by atoms with Crippen LogP contribution in [0.4, 0.5) is 4.39 Å². The lowest BCUT2D eigenvalue weighted by Gasteiger charge is -2.62. The van der Waals surface area contributed by atoms with Crippen LogP contribution in [0, 0.1) is 11.7 Å². The standard InChI is InChI=1S/C24H31FN2O4/c25-19-3-1-2-18(14-19)15-21(28)26-10-6-20(7-11-26)27-23(29)22(31-16-17-4-5-17)24(27)8-12-30-13-9-24/h1-3,14,17,20,22H,4-13,15-16H2. The Morgan fingerprint density at radius 3 is 2.58 bits per heavy atom. The molecule has 1 aliphatic carbocycles. The first-order valence-corrected chi connectivity index (χ1v) is 11.6. The minimum absolute atomic E-state index is 0.0189. The minimum Gasteiger partial charge on any atom is -0.381 e. The van der Waals surface area contributed by atoms with Crippen molar-refractivity contribution in [2.24, 2.45) is 5.92 Å². The summed E-state index contributed by atoms with van der Waals surface area (Å²) >= 11 is 0. The maximum Gasteiger partial charge on any atom is 0.254 e. The number of halogens is 1. The zero-order valence-electron chi connectivity index (χ0n) is 17.9. The van der Waals surface area contributed by atoms with Crippen LogP contribution in [-0.2, 0) is 25.5 Å². The van der Waals surface area contributed by atoms with Crippen molar-refractivity contribution in [3.8, 4) is 0 Å². The van der Waals surface area contributed by atoms with Crippen molar-refractivity contribution in [2.75, 3.05) is 32.9 Å². The minimum atomic E-state index is -0.329. The maximum atomic E-state index is 13.4. The number of amides is 2. The molecule has 0 bridgehead atoms. The molecule has 3 heterocycles. The van der Waals surface area contributed by atoms with Gasteiger partial charge in [-0.3, -0.25) is 9.59 Å². The van der Waals surface area contributed by atoms with Crippen LogP contribution < -0.4 is 0 Å². The number of β-lactam (4-membered cyclic amide) rings is 1. The Morgan fingerprint density at radius 1 is 1.16 bits per heavy atom. The molecule has 6 nitrogen and oxygen atoms in total. The molecule has 3 saturated heterocycles. The molecule has 1 atom stereocenters.